The number of rotatable bonds is 6. The fraction of sp³-hybridized carbons (Fsp3) is 0.625. The third kappa shape index (κ3) is 4.25. The number of hydrogen-bond donors (Lipinski definition) is 1. The molecule has 0 aliphatic carbocycles. The van der Waals surface area contributed by atoms with Crippen molar-refractivity contribution in [3.05, 3.63) is 17.7 Å². The highest BCUT2D eigenvalue weighted by atomic mass is 16.5. The van der Waals surface area contributed by atoms with E-state index in [1.54, 1.807) is 14.2 Å². The lowest BCUT2D eigenvalue weighted by molar-refractivity contribution is 0.153. The van der Waals surface area contributed by atoms with Gasteiger partial charge in [-0.2, -0.15) is 0 Å². The molecule has 0 saturated carbocycles. The van der Waals surface area contributed by atoms with Crippen LogP contribution < -0.4 is 15.2 Å². The topological polar surface area (TPSA) is 51.0 Å². The first-order valence-corrected chi connectivity index (χ1v) is 7.55. The first-order chi connectivity index (χ1) is 10.1. The van der Waals surface area contributed by atoms with Crippen LogP contribution in [0.1, 0.15) is 12.0 Å². The SMILES string of the molecule is COc1cc(N)cc(CCCN2CCN(C)CC2)c1OC. The molecule has 0 unspecified atom stereocenters. The maximum atomic E-state index is 5.94. The fourth-order valence-corrected chi connectivity index (χ4v) is 2.82. The summed E-state index contributed by atoms with van der Waals surface area (Å²) in [6.45, 7) is 5.76. The summed E-state index contributed by atoms with van der Waals surface area (Å²) in [6.07, 6.45) is 2.06. The van der Waals surface area contributed by atoms with Gasteiger partial charge >= 0.3 is 0 Å². The zero-order valence-electron chi connectivity index (χ0n) is 13.4. The van der Waals surface area contributed by atoms with E-state index in [0.29, 0.717) is 5.75 Å². The third-order valence-corrected chi connectivity index (χ3v) is 4.09. The zero-order chi connectivity index (χ0) is 15.2. The zero-order valence-corrected chi connectivity index (χ0v) is 13.4. The Morgan fingerprint density at radius 1 is 1.10 bits per heavy atom. The molecule has 1 fully saturated rings. The van der Waals surface area contributed by atoms with Crippen molar-refractivity contribution in [2.45, 2.75) is 12.8 Å². The van der Waals surface area contributed by atoms with Crippen molar-refractivity contribution in [1.82, 2.24) is 9.80 Å². The molecule has 0 bridgehead atoms. The molecule has 1 aliphatic rings. The van der Waals surface area contributed by atoms with E-state index >= 15 is 0 Å². The molecule has 1 heterocycles. The summed E-state index contributed by atoms with van der Waals surface area (Å²) < 4.78 is 10.8. The van der Waals surface area contributed by atoms with Gasteiger partial charge in [-0.3, -0.25) is 0 Å². The van der Waals surface area contributed by atoms with E-state index in [1.165, 1.54) is 0 Å². The van der Waals surface area contributed by atoms with Gasteiger partial charge in [0.15, 0.2) is 11.5 Å². The number of aryl methyl sites for hydroxylation is 1. The van der Waals surface area contributed by atoms with Gasteiger partial charge in [0.2, 0.25) is 0 Å². The van der Waals surface area contributed by atoms with Crippen molar-refractivity contribution < 1.29 is 9.47 Å². The smallest absolute Gasteiger partial charge is 0.164 e. The lowest BCUT2D eigenvalue weighted by Gasteiger charge is -2.32. The highest BCUT2D eigenvalue weighted by Crippen LogP contribution is 2.34. The van der Waals surface area contributed by atoms with Crippen LogP contribution in [0.25, 0.3) is 0 Å². The van der Waals surface area contributed by atoms with Crippen molar-refractivity contribution in [1.29, 1.82) is 0 Å². The minimum absolute atomic E-state index is 0.715. The van der Waals surface area contributed by atoms with Gasteiger partial charge in [0, 0.05) is 43.5 Å². The van der Waals surface area contributed by atoms with E-state index in [2.05, 4.69) is 16.8 Å². The Kier molecular flexibility index (Phi) is 5.70. The van der Waals surface area contributed by atoms with Crippen molar-refractivity contribution in [2.75, 3.05) is 59.7 Å². The van der Waals surface area contributed by atoms with Crippen LogP contribution in [0.5, 0.6) is 11.5 Å². The van der Waals surface area contributed by atoms with Crippen LogP contribution in [-0.2, 0) is 6.42 Å². The average Bonchev–Trinajstić information content (AvgIpc) is 2.48. The van der Waals surface area contributed by atoms with E-state index in [4.69, 9.17) is 15.2 Å². The Morgan fingerprint density at radius 3 is 2.43 bits per heavy atom. The first-order valence-electron chi connectivity index (χ1n) is 7.55. The number of piperazine rings is 1. The molecule has 2 rings (SSSR count). The molecule has 1 aromatic carbocycles. The molecule has 0 aromatic heterocycles. The molecule has 0 atom stereocenters. The molecule has 0 radical (unpaired) electrons. The number of nitrogens with two attached hydrogens (primary N) is 1. The van der Waals surface area contributed by atoms with E-state index < -0.39 is 0 Å². The molecular weight excluding hydrogens is 266 g/mol. The van der Waals surface area contributed by atoms with Gasteiger partial charge in [-0.05, 0) is 32.5 Å². The number of nitrogen functional groups attached to an aromatic ring is 1. The molecule has 1 aliphatic heterocycles. The summed E-state index contributed by atoms with van der Waals surface area (Å²) in [5.41, 5.74) is 7.79. The number of anilines is 1. The second kappa shape index (κ2) is 7.52. The molecule has 5 heteroatoms. The molecule has 0 spiro atoms. The highest BCUT2D eigenvalue weighted by molar-refractivity contribution is 5.57. The Hall–Kier alpha value is -1.46. The molecular formula is C16H27N3O2. The normalized spacial score (nSPS) is 16.9. The Bertz CT molecular complexity index is 457. The monoisotopic (exact) mass is 293 g/mol. The Labute approximate surface area is 127 Å². The molecule has 1 aromatic rings. The van der Waals surface area contributed by atoms with Crippen LogP contribution in [0.3, 0.4) is 0 Å². The maximum absolute atomic E-state index is 5.94. The van der Waals surface area contributed by atoms with Crippen LogP contribution in [0.4, 0.5) is 5.69 Å². The second-order valence-electron chi connectivity index (χ2n) is 5.66. The van der Waals surface area contributed by atoms with Crippen molar-refractivity contribution in [2.24, 2.45) is 0 Å². The number of hydrogen-bond acceptors (Lipinski definition) is 5. The number of nitrogens with zero attached hydrogens (tertiary/aromatic N) is 2. The highest BCUT2D eigenvalue weighted by Gasteiger charge is 2.15. The molecule has 118 valence electrons. The summed E-state index contributed by atoms with van der Waals surface area (Å²) in [4.78, 5) is 4.90. The maximum Gasteiger partial charge on any atom is 0.164 e. The van der Waals surface area contributed by atoms with Crippen LogP contribution in [-0.4, -0.2) is 63.8 Å². The summed E-state index contributed by atoms with van der Waals surface area (Å²) in [7, 11) is 5.50. The predicted molar refractivity (Wildman–Crippen MR) is 86.2 cm³/mol. The summed E-state index contributed by atoms with van der Waals surface area (Å²) in [5, 5.41) is 0. The van der Waals surface area contributed by atoms with Gasteiger partial charge in [0.05, 0.1) is 14.2 Å². The van der Waals surface area contributed by atoms with Gasteiger partial charge in [-0.15, -0.1) is 0 Å². The Balaban J connectivity index is 1.92. The van der Waals surface area contributed by atoms with Gasteiger partial charge in [-0.1, -0.05) is 0 Å². The van der Waals surface area contributed by atoms with Gasteiger partial charge in [0.25, 0.3) is 0 Å². The van der Waals surface area contributed by atoms with E-state index in [9.17, 15) is 0 Å². The van der Waals surface area contributed by atoms with E-state index in [0.717, 1.165) is 62.6 Å². The van der Waals surface area contributed by atoms with Crippen LogP contribution >= 0.6 is 0 Å². The summed E-state index contributed by atoms with van der Waals surface area (Å²) >= 11 is 0. The number of ether oxygens (including phenoxy) is 2. The largest absolute Gasteiger partial charge is 0.493 e. The average molecular weight is 293 g/mol. The molecule has 5 nitrogen and oxygen atoms in total. The first kappa shape index (κ1) is 15.9. The molecule has 0 amide bonds. The molecule has 2 N–H and O–H groups in total. The fourth-order valence-electron chi connectivity index (χ4n) is 2.82. The Morgan fingerprint density at radius 2 is 1.81 bits per heavy atom. The molecule has 1 saturated heterocycles. The van der Waals surface area contributed by atoms with Crippen LogP contribution in [0.2, 0.25) is 0 Å². The minimum Gasteiger partial charge on any atom is -0.493 e. The number of benzene rings is 1. The summed E-state index contributed by atoms with van der Waals surface area (Å²) in [6, 6.07) is 3.80. The second-order valence-corrected chi connectivity index (χ2v) is 5.66. The summed E-state index contributed by atoms with van der Waals surface area (Å²) in [5.74, 6) is 1.53. The van der Waals surface area contributed by atoms with Crippen molar-refractivity contribution >= 4 is 5.69 Å². The minimum atomic E-state index is 0.715. The van der Waals surface area contributed by atoms with Crippen LogP contribution in [0.15, 0.2) is 12.1 Å². The lowest BCUT2D eigenvalue weighted by Crippen LogP contribution is -2.44. The van der Waals surface area contributed by atoms with Crippen molar-refractivity contribution in [3.63, 3.8) is 0 Å². The predicted octanol–water partition coefficient (Wildman–Crippen LogP) is 1.47. The van der Waals surface area contributed by atoms with Gasteiger partial charge in [-0.25, -0.2) is 0 Å². The molecule has 21 heavy (non-hydrogen) atoms. The van der Waals surface area contributed by atoms with E-state index in [1.807, 2.05) is 12.1 Å². The quantitative estimate of drug-likeness (QED) is 0.805. The number of likely N-dealkylation sites (N-methyl/N-ethyl adjacent to an activating group) is 1. The van der Waals surface area contributed by atoms with Gasteiger partial charge in [0.1, 0.15) is 0 Å². The van der Waals surface area contributed by atoms with Crippen LogP contribution in [0, 0.1) is 0 Å². The number of methoxy groups -OCH3 is 2. The van der Waals surface area contributed by atoms with E-state index in [-0.39, 0.29) is 0 Å². The standard InChI is InChI=1S/C16H27N3O2/c1-18-7-9-19(10-8-18)6-4-5-13-11-14(17)12-15(20-2)16(13)21-3/h11-12H,4-10,17H2,1-3H3. The lowest BCUT2D eigenvalue weighted by atomic mass is 10.1. The third-order valence-electron chi connectivity index (χ3n) is 4.09. The van der Waals surface area contributed by atoms with Gasteiger partial charge < -0.3 is 25.0 Å². The van der Waals surface area contributed by atoms with Crippen molar-refractivity contribution in [3.8, 4) is 11.5 Å².